The molecule has 1 aliphatic rings. The Bertz CT molecular complexity index is 1590. The molecule has 2 heterocycles. The Kier molecular flexibility index (Phi) is 7.35. The van der Waals surface area contributed by atoms with Gasteiger partial charge in [-0.1, -0.05) is 46.7 Å². The van der Waals surface area contributed by atoms with E-state index in [-0.39, 0.29) is 17.1 Å². The van der Waals surface area contributed by atoms with Gasteiger partial charge in [-0.3, -0.25) is 14.2 Å². The van der Waals surface area contributed by atoms with E-state index in [1.165, 1.54) is 25.7 Å². The van der Waals surface area contributed by atoms with E-state index in [9.17, 15) is 14.4 Å². The summed E-state index contributed by atoms with van der Waals surface area (Å²) in [6, 6.07) is 8.98. The lowest BCUT2D eigenvalue weighted by Crippen LogP contribution is -2.39. The van der Waals surface area contributed by atoms with Crippen molar-refractivity contribution in [3.63, 3.8) is 0 Å². The molecule has 11 heteroatoms. The number of ether oxygens (including phenoxy) is 3. The van der Waals surface area contributed by atoms with Crippen LogP contribution in [0.1, 0.15) is 31.0 Å². The minimum Gasteiger partial charge on any atom is -0.493 e. The fourth-order valence-corrected chi connectivity index (χ4v) is 5.42. The number of methoxy groups -OCH3 is 2. The molecule has 186 valence electrons. The second kappa shape index (κ2) is 10.3. The average molecular weight is 547 g/mol. The molecule has 0 saturated carbocycles. The van der Waals surface area contributed by atoms with Crippen LogP contribution in [0.25, 0.3) is 6.08 Å². The highest BCUT2D eigenvalue weighted by atomic mass is 35.5. The molecule has 0 radical (unpaired) electrons. The van der Waals surface area contributed by atoms with Gasteiger partial charge in [0.05, 0.1) is 36.1 Å². The molecule has 0 aliphatic carbocycles. The first kappa shape index (κ1) is 25.7. The van der Waals surface area contributed by atoms with Crippen LogP contribution < -0.4 is 24.4 Å². The summed E-state index contributed by atoms with van der Waals surface area (Å²) in [4.78, 5) is 42.9. The number of rotatable bonds is 5. The number of carbonyl (C=O) groups excluding carboxylic acids is 2. The van der Waals surface area contributed by atoms with E-state index in [0.29, 0.717) is 36.2 Å². The number of benzene rings is 2. The lowest BCUT2D eigenvalue weighted by Gasteiger charge is -2.25. The topological polar surface area (TPSA) is 96.2 Å². The lowest BCUT2D eigenvalue weighted by molar-refractivity contribution is -0.136. The molecule has 2 aromatic carbocycles. The van der Waals surface area contributed by atoms with Gasteiger partial charge in [0.15, 0.2) is 16.3 Å². The molecule has 0 amide bonds. The summed E-state index contributed by atoms with van der Waals surface area (Å²) in [5.74, 6) is -0.688. The van der Waals surface area contributed by atoms with E-state index in [4.69, 9.17) is 37.4 Å². The fraction of sp³-hybridized carbons (Fsp3) is 0.200. The van der Waals surface area contributed by atoms with Crippen LogP contribution in [0, 0.1) is 0 Å². The molecule has 36 heavy (non-hydrogen) atoms. The maximum absolute atomic E-state index is 13.7. The van der Waals surface area contributed by atoms with Gasteiger partial charge >= 0.3 is 11.9 Å². The second-order valence-corrected chi connectivity index (χ2v) is 9.54. The molecule has 1 atom stereocenters. The number of allylic oxidation sites excluding steroid dienone is 1. The molecule has 1 aromatic heterocycles. The van der Waals surface area contributed by atoms with Gasteiger partial charge in [0.1, 0.15) is 0 Å². The highest BCUT2D eigenvalue weighted by Gasteiger charge is 2.33. The SMILES string of the molecule is COC(=O)C1=C(C)N=c2s/c(=C\c3c(Cl)cccc3Cl)c(=O)n2[C@@H]1c1ccc(OC(C)=O)c(OC)c1. The number of hydrogen-bond acceptors (Lipinski definition) is 8. The van der Waals surface area contributed by atoms with Gasteiger partial charge in [-0.05, 0) is 42.8 Å². The summed E-state index contributed by atoms with van der Waals surface area (Å²) in [5.41, 5.74) is 1.23. The summed E-state index contributed by atoms with van der Waals surface area (Å²) < 4.78 is 17.4. The summed E-state index contributed by atoms with van der Waals surface area (Å²) in [7, 11) is 2.68. The summed E-state index contributed by atoms with van der Waals surface area (Å²) in [6.07, 6.45) is 1.60. The molecule has 0 spiro atoms. The van der Waals surface area contributed by atoms with Crippen molar-refractivity contribution in [1.82, 2.24) is 4.57 Å². The normalized spacial score (nSPS) is 15.3. The van der Waals surface area contributed by atoms with Crippen molar-refractivity contribution in [2.24, 2.45) is 4.99 Å². The average Bonchev–Trinajstić information content (AvgIpc) is 3.14. The molecular weight excluding hydrogens is 527 g/mol. The van der Waals surface area contributed by atoms with Gasteiger partial charge in [-0.25, -0.2) is 9.79 Å². The van der Waals surface area contributed by atoms with Gasteiger partial charge in [0, 0.05) is 22.5 Å². The Labute approximate surface area is 219 Å². The van der Waals surface area contributed by atoms with Crippen molar-refractivity contribution >= 4 is 52.6 Å². The third kappa shape index (κ3) is 4.69. The smallest absolute Gasteiger partial charge is 0.338 e. The maximum Gasteiger partial charge on any atom is 0.338 e. The maximum atomic E-state index is 13.7. The van der Waals surface area contributed by atoms with Crippen LogP contribution in [0.5, 0.6) is 11.5 Å². The lowest BCUT2D eigenvalue weighted by atomic mass is 9.95. The Morgan fingerprint density at radius 1 is 1.11 bits per heavy atom. The Balaban J connectivity index is 1.99. The molecular formula is C25H20Cl2N2O6S. The summed E-state index contributed by atoms with van der Waals surface area (Å²) in [5, 5.41) is 0.782. The molecule has 4 rings (SSSR count). The molecule has 0 bridgehead atoms. The minimum atomic E-state index is -0.877. The standard InChI is InChI=1S/C25H20Cl2N2O6S/c1-12-21(24(32)34-4)22(14-8-9-18(35-13(2)30)19(10-14)33-3)29-23(31)20(36-25(29)28-12)11-15-16(26)6-5-7-17(15)27/h5-11,22H,1-4H3/b20-11-/t22-/m1/s1. The third-order valence-electron chi connectivity index (χ3n) is 5.46. The molecule has 0 fully saturated rings. The van der Waals surface area contributed by atoms with E-state index >= 15 is 0 Å². The first-order valence-electron chi connectivity index (χ1n) is 10.6. The molecule has 3 aromatic rings. The number of hydrogen-bond donors (Lipinski definition) is 0. The van der Waals surface area contributed by atoms with Gasteiger partial charge in [0.25, 0.3) is 5.56 Å². The summed E-state index contributed by atoms with van der Waals surface area (Å²) >= 11 is 13.8. The van der Waals surface area contributed by atoms with Crippen LogP contribution >= 0.6 is 34.5 Å². The predicted molar refractivity (Wildman–Crippen MR) is 137 cm³/mol. The zero-order valence-corrected chi connectivity index (χ0v) is 22.0. The third-order valence-corrected chi connectivity index (χ3v) is 7.10. The summed E-state index contributed by atoms with van der Waals surface area (Å²) in [6.45, 7) is 2.95. The number of aromatic nitrogens is 1. The highest BCUT2D eigenvalue weighted by Crippen LogP contribution is 2.36. The van der Waals surface area contributed by atoms with Crippen molar-refractivity contribution in [2.75, 3.05) is 14.2 Å². The largest absolute Gasteiger partial charge is 0.493 e. The number of nitrogens with zero attached hydrogens (tertiary/aromatic N) is 2. The molecule has 0 N–H and O–H groups in total. The van der Waals surface area contributed by atoms with E-state index in [1.807, 2.05) is 0 Å². The van der Waals surface area contributed by atoms with Crippen molar-refractivity contribution < 1.29 is 23.8 Å². The molecule has 8 nitrogen and oxygen atoms in total. The molecule has 0 saturated heterocycles. The number of fused-ring (bicyclic) bond motifs is 1. The van der Waals surface area contributed by atoms with Crippen LogP contribution in [-0.2, 0) is 14.3 Å². The number of carbonyl (C=O) groups is 2. The highest BCUT2D eigenvalue weighted by molar-refractivity contribution is 7.07. The van der Waals surface area contributed by atoms with Crippen molar-refractivity contribution in [2.45, 2.75) is 19.9 Å². The van der Waals surface area contributed by atoms with Crippen LogP contribution in [0.15, 0.2) is 57.5 Å². The Morgan fingerprint density at radius 3 is 2.42 bits per heavy atom. The molecule has 0 unspecified atom stereocenters. The van der Waals surface area contributed by atoms with Crippen LogP contribution in [0.2, 0.25) is 10.0 Å². The van der Waals surface area contributed by atoms with Crippen molar-refractivity contribution in [1.29, 1.82) is 0 Å². The number of esters is 2. The van der Waals surface area contributed by atoms with Crippen LogP contribution in [0.3, 0.4) is 0 Å². The Morgan fingerprint density at radius 2 is 1.81 bits per heavy atom. The van der Waals surface area contributed by atoms with Crippen molar-refractivity contribution in [3.05, 3.63) is 88.5 Å². The quantitative estimate of drug-likeness (QED) is 0.358. The van der Waals surface area contributed by atoms with Crippen LogP contribution in [0.4, 0.5) is 0 Å². The second-order valence-electron chi connectivity index (χ2n) is 7.71. The first-order valence-corrected chi connectivity index (χ1v) is 12.1. The zero-order valence-electron chi connectivity index (χ0n) is 19.6. The van der Waals surface area contributed by atoms with E-state index in [1.54, 1.807) is 49.4 Å². The number of thiazole rings is 1. The van der Waals surface area contributed by atoms with E-state index in [2.05, 4.69) is 4.99 Å². The van der Waals surface area contributed by atoms with Gasteiger partial charge < -0.3 is 14.2 Å². The van der Waals surface area contributed by atoms with E-state index < -0.39 is 23.5 Å². The monoisotopic (exact) mass is 546 g/mol. The van der Waals surface area contributed by atoms with Gasteiger partial charge in [0.2, 0.25) is 0 Å². The predicted octanol–water partition coefficient (Wildman–Crippen LogP) is 3.65. The first-order chi connectivity index (χ1) is 17.2. The van der Waals surface area contributed by atoms with Gasteiger partial charge in [-0.2, -0.15) is 0 Å². The Hall–Kier alpha value is -3.40. The minimum absolute atomic E-state index is 0.189. The zero-order chi connectivity index (χ0) is 26.1. The fourth-order valence-electron chi connectivity index (χ4n) is 3.88. The van der Waals surface area contributed by atoms with Gasteiger partial charge in [-0.15, -0.1) is 0 Å². The molecule has 1 aliphatic heterocycles. The van der Waals surface area contributed by atoms with E-state index in [0.717, 1.165) is 11.3 Å². The van der Waals surface area contributed by atoms with Crippen LogP contribution in [-0.4, -0.2) is 30.7 Å². The number of halogens is 2. The van der Waals surface area contributed by atoms with Crippen molar-refractivity contribution in [3.8, 4) is 11.5 Å².